The summed E-state index contributed by atoms with van der Waals surface area (Å²) in [6.45, 7) is 7.60. The van der Waals surface area contributed by atoms with E-state index < -0.39 is 0 Å². The fourth-order valence-corrected chi connectivity index (χ4v) is 2.23. The van der Waals surface area contributed by atoms with E-state index in [9.17, 15) is 0 Å². The number of hydrogen-bond donors (Lipinski definition) is 1. The zero-order valence-corrected chi connectivity index (χ0v) is 10.6. The average molecular weight is 221 g/mol. The van der Waals surface area contributed by atoms with E-state index in [2.05, 4.69) is 38.2 Å². The number of furan rings is 1. The molecule has 16 heavy (non-hydrogen) atoms. The molecule has 0 saturated heterocycles. The first kappa shape index (κ1) is 11.7. The molecule has 0 bridgehead atoms. The molecule has 2 nitrogen and oxygen atoms in total. The van der Waals surface area contributed by atoms with Crippen LogP contribution in [0.25, 0.3) is 0 Å². The SMILES string of the molecule is CCC(CC)NCc1ccc(C2CC2C)o1. The molecule has 1 fully saturated rings. The first-order valence-electron chi connectivity index (χ1n) is 6.56. The lowest BCUT2D eigenvalue weighted by atomic mass is 10.2. The zero-order valence-electron chi connectivity index (χ0n) is 10.6. The minimum atomic E-state index is 0.619. The van der Waals surface area contributed by atoms with Crippen molar-refractivity contribution in [3.05, 3.63) is 23.7 Å². The topological polar surface area (TPSA) is 25.2 Å². The van der Waals surface area contributed by atoms with E-state index in [1.165, 1.54) is 25.0 Å². The molecule has 0 radical (unpaired) electrons. The van der Waals surface area contributed by atoms with Crippen LogP contribution in [0.15, 0.2) is 16.5 Å². The molecule has 90 valence electrons. The first-order chi connectivity index (χ1) is 7.74. The number of nitrogens with one attached hydrogen (secondary N) is 1. The quantitative estimate of drug-likeness (QED) is 0.792. The van der Waals surface area contributed by atoms with Crippen LogP contribution in [-0.4, -0.2) is 6.04 Å². The van der Waals surface area contributed by atoms with Gasteiger partial charge >= 0.3 is 0 Å². The Morgan fingerprint density at radius 3 is 2.62 bits per heavy atom. The molecule has 2 rings (SSSR count). The van der Waals surface area contributed by atoms with E-state index in [4.69, 9.17) is 4.42 Å². The molecule has 1 heterocycles. The molecule has 1 aromatic heterocycles. The summed E-state index contributed by atoms with van der Waals surface area (Å²) in [6.07, 6.45) is 3.67. The highest BCUT2D eigenvalue weighted by Crippen LogP contribution is 2.47. The van der Waals surface area contributed by atoms with Crippen molar-refractivity contribution in [3.8, 4) is 0 Å². The van der Waals surface area contributed by atoms with Crippen molar-refractivity contribution in [1.29, 1.82) is 0 Å². The van der Waals surface area contributed by atoms with E-state index >= 15 is 0 Å². The lowest BCUT2D eigenvalue weighted by Crippen LogP contribution is -2.26. The Kier molecular flexibility index (Phi) is 3.70. The predicted octanol–water partition coefficient (Wildman–Crippen LogP) is 3.68. The van der Waals surface area contributed by atoms with Gasteiger partial charge in [0.1, 0.15) is 11.5 Å². The van der Waals surface area contributed by atoms with Gasteiger partial charge in [-0.25, -0.2) is 0 Å². The van der Waals surface area contributed by atoms with Crippen molar-refractivity contribution >= 4 is 0 Å². The lowest BCUT2D eigenvalue weighted by Gasteiger charge is -2.12. The maximum Gasteiger partial charge on any atom is 0.117 e. The Labute approximate surface area is 98.4 Å². The van der Waals surface area contributed by atoms with Crippen LogP contribution in [0.2, 0.25) is 0 Å². The van der Waals surface area contributed by atoms with Crippen LogP contribution >= 0.6 is 0 Å². The van der Waals surface area contributed by atoms with Gasteiger partial charge in [0.2, 0.25) is 0 Å². The fraction of sp³-hybridized carbons (Fsp3) is 0.714. The highest BCUT2D eigenvalue weighted by atomic mass is 16.3. The van der Waals surface area contributed by atoms with Gasteiger partial charge in [-0.1, -0.05) is 20.8 Å². The smallest absolute Gasteiger partial charge is 0.117 e. The summed E-state index contributed by atoms with van der Waals surface area (Å²) in [5.41, 5.74) is 0. The van der Waals surface area contributed by atoms with Crippen molar-refractivity contribution in [2.24, 2.45) is 5.92 Å². The molecule has 1 N–H and O–H groups in total. The van der Waals surface area contributed by atoms with Crippen molar-refractivity contribution in [1.82, 2.24) is 5.32 Å². The maximum atomic E-state index is 5.85. The van der Waals surface area contributed by atoms with E-state index in [1.54, 1.807) is 0 Å². The second-order valence-electron chi connectivity index (χ2n) is 5.02. The zero-order chi connectivity index (χ0) is 11.5. The van der Waals surface area contributed by atoms with Crippen LogP contribution in [0.3, 0.4) is 0 Å². The molecule has 2 unspecified atom stereocenters. The number of hydrogen-bond acceptors (Lipinski definition) is 2. The van der Waals surface area contributed by atoms with Gasteiger partial charge in [0.25, 0.3) is 0 Å². The maximum absolute atomic E-state index is 5.85. The third kappa shape index (κ3) is 2.67. The summed E-state index contributed by atoms with van der Waals surface area (Å²) in [5, 5.41) is 3.53. The Bertz CT molecular complexity index is 327. The van der Waals surface area contributed by atoms with Crippen LogP contribution < -0.4 is 5.32 Å². The highest BCUT2D eigenvalue weighted by Gasteiger charge is 2.36. The molecular weight excluding hydrogens is 198 g/mol. The van der Waals surface area contributed by atoms with Crippen LogP contribution in [0, 0.1) is 5.92 Å². The Morgan fingerprint density at radius 2 is 2.06 bits per heavy atom. The Morgan fingerprint density at radius 1 is 1.38 bits per heavy atom. The summed E-state index contributed by atoms with van der Waals surface area (Å²) >= 11 is 0. The number of rotatable bonds is 6. The van der Waals surface area contributed by atoms with Gasteiger partial charge in [-0.2, -0.15) is 0 Å². The molecule has 2 heteroatoms. The minimum Gasteiger partial charge on any atom is -0.464 e. The third-order valence-electron chi connectivity index (χ3n) is 3.71. The van der Waals surface area contributed by atoms with Gasteiger partial charge in [-0.05, 0) is 37.3 Å². The molecule has 1 aromatic rings. The summed E-state index contributed by atoms with van der Waals surface area (Å²) in [4.78, 5) is 0. The molecule has 1 aliphatic carbocycles. The molecule has 0 aromatic carbocycles. The molecule has 0 spiro atoms. The van der Waals surface area contributed by atoms with Crippen molar-refractivity contribution in [2.45, 2.75) is 58.5 Å². The Hall–Kier alpha value is -0.760. The summed E-state index contributed by atoms with van der Waals surface area (Å²) in [6, 6.07) is 4.89. The fourth-order valence-electron chi connectivity index (χ4n) is 2.23. The van der Waals surface area contributed by atoms with Gasteiger partial charge in [0.15, 0.2) is 0 Å². The van der Waals surface area contributed by atoms with Crippen molar-refractivity contribution in [2.75, 3.05) is 0 Å². The monoisotopic (exact) mass is 221 g/mol. The summed E-state index contributed by atoms with van der Waals surface area (Å²) in [5.74, 6) is 3.79. The Balaban J connectivity index is 1.83. The van der Waals surface area contributed by atoms with Crippen LogP contribution in [-0.2, 0) is 6.54 Å². The van der Waals surface area contributed by atoms with Crippen LogP contribution in [0.5, 0.6) is 0 Å². The van der Waals surface area contributed by atoms with Gasteiger partial charge in [0, 0.05) is 12.0 Å². The van der Waals surface area contributed by atoms with Gasteiger partial charge in [-0.3, -0.25) is 0 Å². The predicted molar refractivity (Wildman–Crippen MR) is 66.4 cm³/mol. The molecule has 1 saturated carbocycles. The lowest BCUT2D eigenvalue weighted by molar-refractivity contribution is 0.410. The van der Waals surface area contributed by atoms with E-state index in [0.717, 1.165) is 18.2 Å². The first-order valence-corrected chi connectivity index (χ1v) is 6.56. The molecule has 0 amide bonds. The van der Waals surface area contributed by atoms with Gasteiger partial charge in [-0.15, -0.1) is 0 Å². The highest BCUT2D eigenvalue weighted by molar-refractivity contribution is 5.17. The summed E-state index contributed by atoms with van der Waals surface area (Å²) in [7, 11) is 0. The normalized spacial score (nSPS) is 24.0. The van der Waals surface area contributed by atoms with E-state index in [-0.39, 0.29) is 0 Å². The van der Waals surface area contributed by atoms with E-state index in [0.29, 0.717) is 12.0 Å². The molecule has 1 aliphatic rings. The van der Waals surface area contributed by atoms with Crippen LogP contribution in [0.1, 0.15) is 57.5 Å². The second-order valence-corrected chi connectivity index (χ2v) is 5.02. The molecule has 0 aliphatic heterocycles. The largest absolute Gasteiger partial charge is 0.464 e. The van der Waals surface area contributed by atoms with Crippen molar-refractivity contribution < 1.29 is 4.42 Å². The summed E-state index contributed by atoms with van der Waals surface area (Å²) < 4.78 is 5.85. The van der Waals surface area contributed by atoms with Gasteiger partial charge < -0.3 is 9.73 Å². The van der Waals surface area contributed by atoms with E-state index in [1.807, 2.05) is 0 Å². The standard InChI is InChI=1S/C14H23NO/c1-4-11(5-2)15-9-12-6-7-14(16-12)13-8-10(13)3/h6-7,10-11,13,15H,4-5,8-9H2,1-3H3. The minimum absolute atomic E-state index is 0.619. The third-order valence-corrected chi connectivity index (χ3v) is 3.71. The van der Waals surface area contributed by atoms with Crippen molar-refractivity contribution in [3.63, 3.8) is 0 Å². The average Bonchev–Trinajstić information content (AvgIpc) is 2.84. The molecular formula is C14H23NO. The second kappa shape index (κ2) is 5.05. The van der Waals surface area contributed by atoms with Crippen LogP contribution in [0.4, 0.5) is 0 Å². The van der Waals surface area contributed by atoms with Gasteiger partial charge in [0.05, 0.1) is 6.54 Å². The molecule has 2 atom stereocenters.